The Labute approximate surface area is 678 Å². The van der Waals surface area contributed by atoms with Crippen molar-refractivity contribution in [2.75, 3.05) is 0 Å². The molecule has 8 nitrogen and oxygen atoms in total. The second-order valence-electron chi connectivity index (χ2n) is 21.1. The first kappa shape index (κ1) is 90.7. The van der Waals surface area contributed by atoms with Gasteiger partial charge in [-0.05, 0) is 145 Å². The molecule has 0 spiro atoms. The number of benzene rings is 12. The average Bonchev–Trinajstić information content (AvgIpc) is 0.831. The molecule has 0 aliphatic heterocycles. The van der Waals surface area contributed by atoms with Gasteiger partial charge in [0, 0.05) is 81.5 Å². The van der Waals surface area contributed by atoms with Crippen LogP contribution in [0.2, 0.25) is 0 Å². The SMILES string of the molecule is Cc1ccc(N=Cc2cccc(-c3cc(F)cc(F)c3)c2O)cc1.Oc1c(C=Nc2ccc(C(F)(F)F)cc2)cccc1-c1ccccc1.Oc1c(C=Nc2ccccc2)cccc1-c1c(F)cccc1F.Oc1c(C=Nc2ccccc2)cccc1-c1cc(F)cc(F)c1.[Cl][Ti][Cl].[Cl][Ti][Cl].[Cl][Ti][Cl].[Cl][Ti][Cl]. The van der Waals surface area contributed by atoms with Crippen LogP contribution in [0.5, 0.6) is 23.0 Å². The molecule has 0 fully saturated rings. The summed E-state index contributed by atoms with van der Waals surface area (Å²) in [6.45, 7) is 1.99. The summed E-state index contributed by atoms with van der Waals surface area (Å²) in [6, 6.07) is 69.9. The third-order valence-electron chi connectivity index (χ3n) is 14.1. The number of hydrogen-bond acceptors (Lipinski definition) is 8. The molecule has 107 heavy (non-hydrogen) atoms. The number of aromatic hydroxyl groups is 4. The minimum atomic E-state index is -4.37. The molecule has 12 rings (SSSR count). The van der Waals surface area contributed by atoms with Gasteiger partial charge in [-0.1, -0.05) is 139 Å². The molecule has 0 aromatic heterocycles. The molecule has 4 N–H and O–H groups in total. The van der Waals surface area contributed by atoms with Gasteiger partial charge in [0.25, 0.3) is 0 Å². The van der Waals surface area contributed by atoms with Crippen LogP contribution in [-0.4, -0.2) is 45.3 Å². The van der Waals surface area contributed by atoms with Crippen molar-refractivity contribution in [3.05, 3.63) is 335 Å². The maximum atomic E-state index is 13.9. The summed E-state index contributed by atoms with van der Waals surface area (Å²) in [4.78, 5) is 17.0. The standard InChI is InChI=1S/C20H14F3NO.C20H15F2NO.2C19H13F2NO.8ClH.4Ti/c21-20(22,23)16-9-11-17(12-10-16)24-13-15-7-4-8-18(19(15)25)14-5-2-1-3-6-14;1-13-5-7-18(8-6-13)23-12-14-3-2-4-19(20(14)24)15-9-16(21)11-17(22)10-15;20-16-10-5-11-17(21)18(16)15-9-4-6-13(19(15)23)12-22-14-7-2-1-3-8-14;20-15-9-14(10-16(21)11-15)18-8-4-5-13(19(18)23)12-22-17-6-2-1-3-7-17;;;;;;;;;;;;/h1-13,25H;2-12,24H,1H3;2*1-12,23H;8*1H;;;;/q;;;;;;;;;;;;4*+2/p-8. The van der Waals surface area contributed by atoms with Gasteiger partial charge in [-0.3, -0.25) is 20.0 Å². The predicted molar refractivity (Wildman–Crippen MR) is 405 cm³/mol. The van der Waals surface area contributed by atoms with E-state index in [4.69, 9.17) is 74.4 Å². The van der Waals surface area contributed by atoms with Crippen LogP contribution < -0.4 is 0 Å². The first-order chi connectivity index (χ1) is 51.4. The van der Waals surface area contributed by atoms with Gasteiger partial charge in [-0.25, -0.2) is 26.3 Å². The van der Waals surface area contributed by atoms with E-state index >= 15 is 0 Å². The van der Waals surface area contributed by atoms with Gasteiger partial charge in [0.05, 0.1) is 33.9 Å². The van der Waals surface area contributed by atoms with E-state index in [1.165, 1.54) is 73.4 Å². The van der Waals surface area contributed by atoms with Crippen LogP contribution in [0.1, 0.15) is 33.4 Å². The van der Waals surface area contributed by atoms with Gasteiger partial charge in [0.15, 0.2) is 0 Å². The van der Waals surface area contributed by atoms with Crippen LogP contribution in [0.25, 0.3) is 44.5 Å². The molecule has 0 saturated carbocycles. The molecular weight excluding hydrogens is 1700 g/mol. The van der Waals surface area contributed by atoms with Crippen molar-refractivity contribution in [3.8, 4) is 67.5 Å². The van der Waals surface area contributed by atoms with Gasteiger partial charge < -0.3 is 20.4 Å². The van der Waals surface area contributed by atoms with Crippen molar-refractivity contribution >= 4 is 122 Å². The van der Waals surface area contributed by atoms with E-state index in [1.54, 1.807) is 66.7 Å². The third kappa shape index (κ3) is 31.2. The maximum absolute atomic E-state index is 13.9. The molecule has 0 atom stereocenters. The second kappa shape index (κ2) is 49.3. The number of aryl methyl sites for hydroxylation is 1. The fourth-order valence-corrected chi connectivity index (χ4v) is 9.33. The van der Waals surface area contributed by atoms with Crippen molar-refractivity contribution in [1.82, 2.24) is 0 Å². The number of nitrogens with zero attached hydrogens (tertiary/aromatic N) is 4. The van der Waals surface area contributed by atoms with E-state index in [-0.39, 0.29) is 45.3 Å². The Morgan fingerprint density at radius 2 is 0.561 bits per heavy atom. The van der Waals surface area contributed by atoms with Gasteiger partial charge in [-0.15, -0.1) is 0 Å². The molecule has 0 aliphatic rings. The average molecular weight is 1760 g/mol. The molecule has 0 heterocycles. The Balaban J connectivity index is 0.000000243. The Bertz CT molecular complexity index is 4780. The van der Waals surface area contributed by atoms with Gasteiger partial charge in [0.1, 0.15) is 57.9 Å². The van der Waals surface area contributed by atoms with Gasteiger partial charge in [0.2, 0.25) is 0 Å². The minimum absolute atomic E-state index is 0.0710. The van der Waals surface area contributed by atoms with Gasteiger partial charge >= 0.3 is 149 Å². The number of rotatable bonds is 12. The van der Waals surface area contributed by atoms with Crippen molar-refractivity contribution in [1.29, 1.82) is 0 Å². The molecule has 0 amide bonds. The second-order valence-corrected chi connectivity index (χ2v) is 31.4. The third-order valence-corrected chi connectivity index (χ3v) is 14.1. The van der Waals surface area contributed by atoms with Crippen LogP contribution in [-0.2, 0) is 74.3 Å². The summed E-state index contributed by atoms with van der Waals surface area (Å²) in [5.41, 5.74) is 7.42. The van der Waals surface area contributed by atoms with E-state index in [0.29, 0.717) is 44.6 Å². The zero-order valence-electron chi connectivity index (χ0n) is 55.2. The summed E-state index contributed by atoms with van der Waals surface area (Å²) in [5.74, 6) is -4.50. The monoisotopic (exact) mass is 1750 g/mol. The molecule has 12 aromatic carbocycles. The van der Waals surface area contributed by atoms with Crippen LogP contribution in [0.3, 0.4) is 0 Å². The number of aliphatic imine (C=N–C) groups is 4. The summed E-state index contributed by atoms with van der Waals surface area (Å²) in [7, 11) is 39.1. The number of phenols is 4. The van der Waals surface area contributed by atoms with Crippen molar-refractivity contribution in [2.24, 2.45) is 20.0 Å². The quantitative estimate of drug-likeness (QED) is 0.0551. The Morgan fingerprint density at radius 3 is 0.879 bits per heavy atom. The number of para-hydroxylation sites is 6. The Kier molecular flexibility index (Phi) is 41.8. The zero-order chi connectivity index (χ0) is 78.3. The summed E-state index contributed by atoms with van der Waals surface area (Å²) < 4.78 is 119. The Morgan fingerprint density at radius 1 is 0.299 bits per heavy atom. The Hall–Kier alpha value is -6.93. The number of halogens is 17. The number of alkyl halides is 3. The zero-order valence-corrected chi connectivity index (χ0v) is 67.5. The summed E-state index contributed by atoms with van der Waals surface area (Å²) in [6.07, 6.45) is 1.57. The van der Waals surface area contributed by atoms with Gasteiger partial charge in [-0.2, -0.15) is 13.2 Å². The van der Waals surface area contributed by atoms with Crippen molar-refractivity contribution in [2.45, 2.75) is 13.1 Å². The number of hydrogen-bond donors (Lipinski definition) is 4. The molecule has 29 heteroatoms. The van der Waals surface area contributed by atoms with E-state index in [0.717, 1.165) is 64.6 Å². The topological polar surface area (TPSA) is 130 Å². The van der Waals surface area contributed by atoms with Crippen LogP contribution >= 0.6 is 74.4 Å². The molecule has 0 saturated heterocycles. The van der Waals surface area contributed by atoms with E-state index in [9.17, 15) is 59.9 Å². The summed E-state index contributed by atoms with van der Waals surface area (Å²) in [5, 5.41) is 41.6. The predicted octanol–water partition coefficient (Wildman–Crippen LogP) is 26.9. The van der Waals surface area contributed by atoms with Crippen molar-refractivity contribution in [3.63, 3.8) is 0 Å². The van der Waals surface area contributed by atoms with Crippen LogP contribution in [0.4, 0.5) is 62.3 Å². The molecule has 0 radical (unpaired) electrons. The van der Waals surface area contributed by atoms with E-state index < -0.39 is 115 Å². The normalized spacial score (nSPS) is 10.5. The molecule has 12 aromatic rings. The van der Waals surface area contributed by atoms with E-state index in [2.05, 4.69) is 20.0 Å². The molecule has 546 valence electrons. The molecule has 0 aliphatic carbocycles. The number of phenolic OH excluding ortho intramolecular Hbond substituents is 4. The first-order valence-electron chi connectivity index (χ1n) is 30.5. The fraction of sp³-hybridized carbons (Fsp3) is 0.0256. The summed E-state index contributed by atoms with van der Waals surface area (Å²) >= 11 is -2.22. The molecular formula is C78H55Cl8F9N4O4Ti4. The van der Waals surface area contributed by atoms with Crippen LogP contribution in [0, 0.1) is 41.8 Å². The first-order valence-corrected chi connectivity index (χ1v) is 47.7. The van der Waals surface area contributed by atoms with Crippen molar-refractivity contribution < 1.29 is 128 Å². The fourth-order valence-electron chi connectivity index (χ4n) is 9.33. The molecule has 0 unspecified atom stereocenters. The van der Waals surface area contributed by atoms with E-state index in [1.807, 2.05) is 122 Å². The van der Waals surface area contributed by atoms with Crippen LogP contribution in [0.15, 0.2) is 287 Å². The molecule has 0 bridgehead atoms.